The van der Waals surface area contributed by atoms with Crippen molar-refractivity contribution in [2.45, 2.75) is 12.6 Å². The van der Waals surface area contributed by atoms with Crippen LogP contribution in [0.15, 0.2) is 72.8 Å². The molecule has 142 valence electrons. The quantitative estimate of drug-likeness (QED) is 0.448. The van der Waals surface area contributed by atoms with Crippen molar-refractivity contribution < 1.29 is 4.79 Å². The Morgan fingerprint density at radius 1 is 0.966 bits per heavy atom. The van der Waals surface area contributed by atoms with E-state index in [2.05, 4.69) is 28.1 Å². The maximum atomic E-state index is 13.4. The first-order valence-electron chi connectivity index (χ1n) is 9.76. The summed E-state index contributed by atoms with van der Waals surface area (Å²) in [6.07, 6.45) is 0.611. The summed E-state index contributed by atoms with van der Waals surface area (Å²) in [7, 11) is 0. The summed E-state index contributed by atoms with van der Waals surface area (Å²) in [5.41, 5.74) is 6.09. The second-order valence-corrected chi connectivity index (χ2v) is 7.99. The van der Waals surface area contributed by atoms with Gasteiger partial charge in [-0.25, -0.2) is 0 Å². The van der Waals surface area contributed by atoms with Crippen LogP contribution in [0.2, 0.25) is 5.02 Å². The third-order valence-corrected chi connectivity index (χ3v) is 6.22. The number of carbonyl (C=O) groups is 1. The van der Waals surface area contributed by atoms with Gasteiger partial charge in [0.05, 0.1) is 16.9 Å². The highest BCUT2D eigenvalue weighted by Gasteiger charge is 2.43. The van der Waals surface area contributed by atoms with Crippen molar-refractivity contribution in [2.75, 3.05) is 11.4 Å². The summed E-state index contributed by atoms with van der Waals surface area (Å²) in [5.74, 6) is 0.0770. The molecule has 0 spiro atoms. The van der Waals surface area contributed by atoms with Crippen molar-refractivity contribution >= 4 is 39.8 Å². The number of benzene rings is 3. The van der Waals surface area contributed by atoms with E-state index in [1.807, 2.05) is 59.5 Å². The molecule has 0 saturated heterocycles. The molecule has 1 amide bonds. The van der Waals surface area contributed by atoms with Gasteiger partial charge >= 0.3 is 0 Å². The molecule has 0 bridgehead atoms. The zero-order valence-corrected chi connectivity index (χ0v) is 16.4. The molecule has 4 aromatic rings. The number of amides is 1. The SMILES string of the molecule is O=C1c2ccccc2N(c2cccc(Cl)c2)C2c3[nH]c4ccccc4c3CCN12. The predicted molar refractivity (Wildman–Crippen MR) is 116 cm³/mol. The molecule has 0 fully saturated rings. The van der Waals surface area contributed by atoms with E-state index in [4.69, 9.17) is 11.6 Å². The zero-order chi connectivity index (χ0) is 19.5. The van der Waals surface area contributed by atoms with Gasteiger partial charge in [0.25, 0.3) is 5.91 Å². The number of hydrogen-bond donors (Lipinski definition) is 1. The molecule has 6 rings (SSSR count). The number of fused-ring (bicyclic) bond motifs is 6. The molecule has 1 aromatic heterocycles. The third kappa shape index (κ3) is 2.36. The molecule has 5 heteroatoms. The largest absolute Gasteiger partial charge is 0.355 e. The van der Waals surface area contributed by atoms with Gasteiger partial charge in [-0.3, -0.25) is 4.79 Å². The second-order valence-electron chi connectivity index (χ2n) is 7.55. The van der Waals surface area contributed by atoms with E-state index < -0.39 is 0 Å². The summed E-state index contributed by atoms with van der Waals surface area (Å²) < 4.78 is 0. The van der Waals surface area contributed by atoms with Crippen molar-refractivity contribution in [3.8, 4) is 0 Å². The molecule has 29 heavy (non-hydrogen) atoms. The number of hydrogen-bond acceptors (Lipinski definition) is 2. The monoisotopic (exact) mass is 399 g/mol. The summed E-state index contributed by atoms with van der Waals surface area (Å²) in [6.45, 7) is 0.684. The fourth-order valence-corrected chi connectivity index (χ4v) is 4.94. The number of nitrogens with one attached hydrogen (secondary N) is 1. The molecule has 2 aliphatic heterocycles. The highest BCUT2D eigenvalue weighted by Crippen LogP contribution is 2.47. The zero-order valence-electron chi connectivity index (χ0n) is 15.6. The minimum absolute atomic E-state index is 0.0770. The lowest BCUT2D eigenvalue weighted by Crippen LogP contribution is -2.50. The molecular weight excluding hydrogens is 382 g/mol. The van der Waals surface area contributed by atoms with Crippen LogP contribution < -0.4 is 4.90 Å². The molecule has 0 aliphatic carbocycles. The van der Waals surface area contributed by atoms with Gasteiger partial charge in [0.15, 0.2) is 6.17 Å². The number of H-pyrrole nitrogens is 1. The summed E-state index contributed by atoms with van der Waals surface area (Å²) in [6, 6.07) is 24.0. The van der Waals surface area contributed by atoms with Crippen molar-refractivity contribution in [2.24, 2.45) is 0 Å². The van der Waals surface area contributed by atoms with E-state index in [9.17, 15) is 4.79 Å². The van der Waals surface area contributed by atoms with Gasteiger partial charge in [-0.15, -0.1) is 0 Å². The number of halogens is 1. The Bertz CT molecular complexity index is 1280. The fourth-order valence-electron chi connectivity index (χ4n) is 4.76. The number of rotatable bonds is 1. The highest BCUT2D eigenvalue weighted by atomic mass is 35.5. The molecule has 1 atom stereocenters. The molecule has 3 aromatic carbocycles. The van der Waals surface area contributed by atoms with Crippen molar-refractivity contribution in [3.63, 3.8) is 0 Å². The Hall–Kier alpha value is -3.24. The topological polar surface area (TPSA) is 39.3 Å². The third-order valence-electron chi connectivity index (χ3n) is 5.99. The number of para-hydroxylation sites is 2. The second kappa shape index (κ2) is 6.13. The predicted octanol–water partition coefficient (Wildman–Crippen LogP) is 5.67. The van der Waals surface area contributed by atoms with Gasteiger partial charge in [0, 0.05) is 28.2 Å². The Labute approximate surface area is 173 Å². The normalized spacial score (nSPS) is 17.8. The average molecular weight is 400 g/mol. The van der Waals surface area contributed by atoms with Crippen LogP contribution in [0, 0.1) is 0 Å². The van der Waals surface area contributed by atoms with Gasteiger partial charge in [-0.05, 0) is 48.4 Å². The molecule has 4 nitrogen and oxygen atoms in total. The maximum Gasteiger partial charge on any atom is 0.257 e. The van der Waals surface area contributed by atoms with Gasteiger partial charge < -0.3 is 14.8 Å². The van der Waals surface area contributed by atoms with E-state index in [0.717, 1.165) is 34.6 Å². The van der Waals surface area contributed by atoms with Gasteiger partial charge in [-0.1, -0.05) is 48.0 Å². The Kier molecular flexibility index (Phi) is 3.53. The minimum Gasteiger partial charge on any atom is -0.355 e. The molecular formula is C24H18ClN3O. The number of anilines is 2. The number of aromatic nitrogens is 1. The van der Waals surface area contributed by atoms with Crippen LogP contribution >= 0.6 is 11.6 Å². The highest BCUT2D eigenvalue weighted by molar-refractivity contribution is 6.30. The van der Waals surface area contributed by atoms with E-state index in [-0.39, 0.29) is 12.1 Å². The molecule has 3 heterocycles. The molecule has 0 radical (unpaired) electrons. The van der Waals surface area contributed by atoms with Crippen molar-refractivity contribution in [1.82, 2.24) is 9.88 Å². The maximum absolute atomic E-state index is 13.4. The molecule has 2 aliphatic rings. The average Bonchev–Trinajstić information content (AvgIpc) is 3.13. The van der Waals surface area contributed by atoms with Crippen LogP contribution in [-0.2, 0) is 6.42 Å². The standard InChI is InChI=1S/C24H18ClN3O/c25-15-6-5-7-16(14-15)28-21-11-4-2-9-19(21)24(29)27-13-12-18-17-8-1-3-10-20(17)26-22(18)23(27)28/h1-11,14,23,26H,12-13H2. The van der Waals surface area contributed by atoms with Crippen molar-refractivity contribution in [1.29, 1.82) is 0 Å². The Morgan fingerprint density at radius 2 is 1.79 bits per heavy atom. The van der Waals surface area contributed by atoms with E-state index >= 15 is 0 Å². The van der Waals surface area contributed by atoms with Gasteiger partial charge in [0.1, 0.15) is 0 Å². The first-order chi connectivity index (χ1) is 14.2. The lowest BCUT2D eigenvalue weighted by molar-refractivity contribution is 0.0642. The lowest BCUT2D eigenvalue weighted by Gasteiger charge is -2.47. The van der Waals surface area contributed by atoms with Crippen LogP contribution in [-0.4, -0.2) is 22.3 Å². The van der Waals surface area contributed by atoms with Gasteiger partial charge in [0.2, 0.25) is 0 Å². The van der Waals surface area contributed by atoms with Gasteiger partial charge in [-0.2, -0.15) is 0 Å². The van der Waals surface area contributed by atoms with Crippen LogP contribution in [0.5, 0.6) is 0 Å². The molecule has 1 unspecified atom stereocenters. The molecule has 0 saturated carbocycles. The van der Waals surface area contributed by atoms with Crippen LogP contribution in [0.4, 0.5) is 11.4 Å². The van der Waals surface area contributed by atoms with E-state index in [1.54, 1.807) is 0 Å². The van der Waals surface area contributed by atoms with E-state index in [0.29, 0.717) is 11.6 Å². The minimum atomic E-state index is -0.230. The number of nitrogens with zero attached hydrogens (tertiary/aromatic N) is 2. The fraction of sp³-hybridized carbons (Fsp3) is 0.125. The van der Waals surface area contributed by atoms with Crippen molar-refractivity contribution in [3.05, 3.63) is 94.6 Å². The number of carbonyl (C=O) groups excluding carboxylic acids is 1. The Balaban J connectivity index is 1.65. The van der Waals surface area contributed by atoms with Crippen LogP contribution in [0.25, 0.3) is 10.9 Å². The first kappa shape index (κ1) is 16.7. The van der Waals surface area contributed by atoms with Crippen LogP contribution in [0.1, 0.15) is 27.8 Å². The molecule has 1 N–H and O–H groups in total. The first-order valence-corrected chi connectivity index (χ1v) is 10.1. The van der Waals surface area contributed by atoms with Crippen LogP contribution in [0.3, 0.4) is 0 Å². The summed E-state index contributed by atoms with van der Waals surface area (Å²) >= 11 is 6.34. The lowest BCUT2D eigenvalue weighted by atomic mass is 9.95. The smallest absolute Gasteiger partial charge is 0.257 e. The number of aromatic amines is 1. The Morgan fingerprint density at radius 3 is 2.69 bits per heavy atom. The summed E-state index contributed by atoms with van der Waals surface area (Å²) in [5, 5.41) is 1.91. The summed E-state index contributed by atoms with van der Waals surface area (Å²) in [4.78, 5) is 21.2. The van der Waals surface area contributed by atoms with E-state index in [1.165, 1.54) is 10.9 Å².